The molecule has 4 nitrogen and oxygen atoms in total. The number of anilines is 1. The fourth-order valence-electron chi connectivity index (χ4n) is 1.79. The van der Waals surface area contributed by atoms with Gasteiger partial charge in [0.1, 0.15) is 5.82 Å². The maximum absolute atomic E-state index is 13.0. The molecule has 2 rings (SSSR count). The number of nitrogens with two attached hydrogens (primary N) is 1. The van der Waals surface area contributed by atoms with Gasteiger partial charge in [-0.25, -0.2) is 17.5 Å². The Morgan fingerprint density at radius 1 is 1.19 bits per heavy atom. The first-order valence-electron chi connectivity index (χ1n) is 6.17. The molecule has 2 aromatic carbocycles. The number of rotatable bonds is 5. The van der Waals surface area contributed by atoms with Crippen molar-refractivity contribution in [3.8, 4) is 0 Å². The molecule has 0 fully saturated rings. The Bertz CT molecular complexity index is 750. The number of nitrogen functional groups attached to an aromatic ring is 1. The predicted octanol–water partition coefficient (Wildman–Crippen LogP) is 2.58. The van der Waals surface area contributed by atoms with Gasteiger partial charge in [-0.3, -0.25) is 0 Å². The number of nitrogens with one attached hydrogen (secondary N) is 1. The highest BCUT2D eigenvalue weighted by Gasteiger charge is 2.14. The summed E-state index contributed by atoms with van der Waals surface area (Å²) in [5, 5.41) is 0.599. The van der Waals surface area contributed by atoms with Crippen LogP contribution in [-0.2, 0) is 16.4 Å². The molecule has 0 aliphatic carbocycles. The summed E-state index contributed by atoms with van der Waals surface area (Å²) in [5.41, 5.74) is 6.09. The zero-order chi connectivity index (χ0) is 15.5. The minimum atomic E-state index is -3.71. The van der Waals surface area contributed by atoms with E-state index in [2.05, 4.69) is 4.72 Å². The van der Waals surface area contributed by atoms with Crippen LogP contribution in [0.25, 0.3) is 0 Å². The Kier molecular flexibility index (Phi) is 4.82. The van der Waals surface area contributed by atoms with Crippen molar-refractivity contribution in [2.45, 2.75) is 11.3 Å². The van der Waals surface area contributed by atoms with Crippen molar-refractivity contribution < 1.29 is 12.8 Å². The Morgan fingerprint density at radius 2 is 1.95 bits per heavy atom. The number of hydrogen-bond donors (Lipinski definition) is 2. The molecule has 3 N–H and O–H groups in total. The van der Waals surface area contributed by atoms with Crippen LogP contribution in [0.3, 0.4) is 0 Å². The maximum Gasteiger partial charge on any atom is 0.240 e. The first kappa shape index (κ1) is 15.8. The first-order valence-corrected chi connectivity index (χ1v) is 8.04. The minimum Gasteiger partial charge on any atom is -0.396 e. The van der Waals surface area contributed by atoms with E-state index in [-0.39, 0.29) is 17.1 Å². The molecule has 0 saturated heterocycles. The standard InChI is InChI=1S/C14H14ClFN2O2S/c15-11-3-1-2-10(8-11)6-7-18-21(19,20)12-4-5-13(16)14(17)9-12/h1-5,8-9,18H,6-7,17H2. The van der Waals surface area contributed by atoms with Crippen molar-refractivity contribution in [3.63, 3.8) is 0 Å². The predicted molar refractivity (Wildman–Crippen MR) is 81.2 cm³/mol. The monoisotopic (exact) mass is 328 g/mol. The molecule has 2 aromatic rings. The molecule has 0 atom stereocenters. The lowest BCUT2D eigenvalue weighted by molar-refractivity contribution is 0.581. The molecular weight excluding hydrogens is 315 g/mol. The molecular formula is C14H14ClFN2O2S. The van der Waals surface area contributed by atoms with Gasteiger partial charge in [0.25, 0.3) is 0 Å². The molecule has 0 heterocycles. The molecule has 0 radical (unpaired) electrons. The van der Waals surface area contributed by atoms with Gasteiger partial charge >= 0.3 is 0 Å². The van der Waals surface area contributed by atoms with E-state index >= 15 is 0 Å². The van der Waals surface area contributed by atoms with Gasteiger partial charge in [0.15, 0.2) is 0 Å². The molecule has 0 bridgehead atoms. The largest absolute Gasteiger partial charge is 0.396 e. The van der Waals surface area contributed by atoms with Crippen molar-refractivity contribution in [2.75, 3.05) is 12.3 Å². The molecule has 0 aliphatic rings. The van der Waals surface area contributed by atoms with Crippen LogP contribution in [0.15, 0.2) is 47.4 Å². The Morgan fingerprint density at radius 3 is 2.62 bits per heavy atom. The average molecular weight is 329 g/mol. The average Bonchev–Trinajstić information content (AvgIpc) is 2.41. The Labute approximate surface area is 127 Å². The van der Waals surface area contributed by atoms with Gasteiger partial charge in [-0.15, -0.1) is 0 Å². The second kappa shape index (κ2) is 6.43. The van der Waals surface area contributed by atoms with Crippen molar-refractivity contribution in [1.29, 1.82) is 0 Å². The summed E-state index contributed by atoms with van der Waals surface area (Å²) in [6.45, 7) is 0.208. The van der Waals surface area contributed by atoms with Gasteiger partial charge in [0, 0.05) is 11.6 Å². The van der Waals surface area contributed by atoms with Crippen LogP contribution in [0.4, 0.5) is 10.1 Å². The van der Waals surface area contributed by atoms with Crippen LogP contribution in [0.1, 0.15) is 5.56 Å². The van der Waals surface area contributed by atoms with Crippen LogP contribution < -0.4 is 10.5 Å². The van der Waals surface area contributed by atoms with E-state index in [4.69, 9.17) is 17.3 Å². The van der Waals surface area contributed by atoms with Crippen LogP contribution >= 0.6 is 11.6 Å². The lowest BCUT2D eigenvalue weighted by Gasteiger charge is -2.08. The van der Waals surface area contributed by atoms with Gasteiger partial charge in [-0.05, 0) is 42.3 Å². The molecule has 0 amide bonds. The quantitative estimate of drug-likeness (QED) is 0.829. The zero-order valence-corrected chi connectivity index (χ0v) is 12.6. The second-order valence-electron chi connectivity index (χ2n) is 4.46. The smallest absolute Gasteiger partial charge is 0.240 e. The Balaban J connectivity index is 2.03. The molecule has 7 heteroatoms. The van der Waals surface area contributed by atoms with Crippen molar-refractivity contribution in [3.05, 3.63) is 58.9 Å². The number of sulfonamides is 1. The number of hydrogen-bond acceptors (Lipinski definition) is 3. The summed E-state index contributed by atoms with van der Waals surface area (Å²) in [6.07, 6.45) is 0.496. The minimum absolute atomic E-state index is 0.0625. The highest BCUT2D eigenvalue weighted by molar-refractivity contribution is 7.89. The van der Waals surface area contributed by atoms with Crippen LogP contribution in [0.2, 0.25) is 5.02 Å². The third kappa shape index (κ3) is 4.17. The number of benzene rings is 2. The second-order valence-corrected chi connectivity index (χ2v) is 6.66. The third-order valence-electron chi connectivity index (χ3n) is 2.87. The summed E-state index contributed by atoms with van der Waals surface area (Å²) in [4.78, 5) is -0.0625. The summed E-state index contributed by atoms with van der Waals surface area (Å²) in [5.74, 6) is -0.645. The van der Waals surface area contributed by atoms with Gasteiger partial charge in [-0.1, -0.05) is 23.7 Å². The van der Waals surface area contributed by atoms with Gasteiger partial charge < -0.3 is 5.73 Å². The lowest BCUT2D eigenvalue weighted by atomic mass is 10.2. The summed E-state index contributed by atoms with van der Waals surface area (Å²) in [6, 6.07) is 10.5. The summed E-state index contributed by atoms with van der Waals surface area (Å²) < 4.78 is 39.6. The molecule has 0 spiro atoms. The van der Waals surface area contributed by atoms with Crippen molar-refractivity contribution in [1.82, 2.24) is 4.72 Å². The molecule has 0 aromatic heterocycles. The van der Waals surface area contributed by atoms with Crippen LogP contribution in [0, 0.1) is 5.82 Å². The first-order chi connectivity index (χ1) is 9.88. The molecule has 0 saturated carbocycles. The van der Waals surface area contributed by atoms with Crippen LogP contribution in [0.5, 0.6) is 0 Å². The zero-order valence-electron chi connectivity index (χ0n) is 11.0. The van der Waals surface area contributed by atoms with Crippen molar-refractivity contribution in [2.24, 2.45) is 0 Å². The highest BCUT2D eigenvalue weighted by Crippen LogP contribution is 2.16. The highest BCUT2D eigenvalue weighted by atomic mass is 35.5. The summed E-state index contributed by atoms with van der Waals surface area (Å²) >= 11 is 5.85. The van der Waals surface area contributed by atoms with Gasteiger partial charge in [0.05, 0.1) is 10.6 Å². The fourth-order valence-corrected chi connectivity index (χ4v) is 3.07. The molecule has 21 heavy (non-hydrogen) atoms. The van der Waals surface area contributed by atoms with E-state index in [0.29, 0.717) is 11.4 Å². The fraction of sp³-hybridized carbons (Fsp3) is 0.143. The van der Waals surface area contributed by atoms with E-state index in [9.17, 15) is 12.8 Å². The SMILES string of the molecule is Nc1cc(S(=O)(=O)NCCc2cccc(Cl)c2)ccc1F. The number of halogens is 2. The van der Waals surface area contributed by atoms with E-state index in [1.165, 1.54) is 6.07 Å². The van der Waals surface area contributed by atoms with E-state index in [0.717, 1.165) is 17.7 Å². The van der Waals surface area contributed by atoms with Gasteiger partial charge in [0.2, 0.25) is 10.0 Å². The Hall–Kier alpha value is -1.63. The van der Waals surface area contributed by atoms with E-state index in [1.807, 2.05) is 6.07 Å². The molecule has 0 aliphatic heterocycles. The third-order valence-corrected chi connectivity index (χ3v) is 4.57. The maximum atomic E-state index is 13.0. The lowest BCUT2D eigenvalue weighted by Crippen LogP contribution is -2.26. The topological polar surface area (TPSA) is 72.2 Å². The molecule has 112 valence electrons. The summed E-state index contributed by atoms with van der Waals surface area (Å²) in [7, 11) is -3.71. The van der Waals surface area contributed by atoms with Gasteiger partial charge in [-0.2, -0.15) is 0 Å². The van der Waals surface area contributed by atoms with E-state index in [1.54, 1.807) is 18.2 Å². The molecule has 0 unspecified atom stereocenters. The van der Waals surface area contributed by atoms with Crippen LogP contribution in [-0.4, -0.2) is 15.0 Å². The van der Waals surface area contributed by atoms with Crippen molar-refractivity contribution >= 4 is 27.3 Å². The van der Waals surface area contributed by atoms with E-state index < -0.39 is 15.8 Å². The normalized spacial score (nSPS) is 11.5.